The first-order chi connectivity index (χ1) is 12.0. The van der Waals surface area contributed by atoms with Gasteiger partial charge in [-0.25, -0.2) is 0 Å². The number of nitrogens with one attached hydrogen (secondary N) is 2. The molecule has 1 fully saturated rings. The van der Waals surface area contributed by atoms with Crippen LogP contribution in [0.4, 0.5) is 11.4 Å². The summed E-state index contributed by atoms with van der Waals surface area (Å²) in [6.45, 7) is 1.90. The van der Waals surface area contributed by atoms with E-state index in [1.165, 1.54) is 0 Å². The van der Waals surface area contributed by atoms with Gasteiger partial charge < -0.3 is 15.4 Å². The molecule has 3 rings (SSSR count). The van der Waals surface area contributed by atoms with Crippen LogP contribution in [0.15, 0.2) is 42.5 Å². The van der Waals surface area contributed by atoms with Crippen LogP contribution in [-0.4, -0.2) is 18.9 Å². The molecule has 0 aromatic heterocycles. The van der Waals surface area contributed by atoms with Gasteiger partial charge in [0.05, 0.1) is 18.9 Å². The Morgan fingerprint density at radius 2 is 1.68 bits per heavy atom. The molecule has 2 amide bonds. The second-order valence-electron chi connectivity index (χ2n) is 6.12. The lowest BCUT2D eigenvalue weighted by Crippen LogP contribution is -2.20. The van der Waals surface area contributed by atoms with E-state index in [4.69, 9.17) is 16.3 Å². The van der Waals surface area contributed by atoms with E-state index in [1.807, 2.05) is 13.0 Å². The normalized spacial score (nSPS) is 18.4. The van der Waals surface area contributed by atoms with Crippen molar-refractivity contribution >= 4 is 34.8 Å². The maximum Gasteiger partial charge on any atom is 0.228 e. The van der Waals surface area contributed by atoms with Gasteiger partial charge in [-0.1, -0.05) is 23.7 Å². The van der Waals surface area contributed by atoms with E-state index in [0.29, 0.717) is 28.6 Å². The van der Waals surface area contributed by atoms with Gasteiger partial charge in [-0.3, -0.25) is 9.59 Å². The van der Waals surface area contributed by atoms with Gasteiger partial charge in [0.2, 0.25) is 11.8 Å². The quantitative estimate of drug-likeness (QED) is 0.852. The van der Waals surface area contributed by atoms with E-state index in [0.717, 1.165) is 5.56 Å². The first-order valence-corrected chi connectivity index (χ1v) is 8.37. The minimum Gasteiger partial charge on any atom is -0.497 e. The number of carbonyl (C=O) groups is 2. The summed E-state index contributed by atoms with van der Waals surface area (Å²) in [4.78, 5) is 24.6. The Hall–Kier alpha value is -2.53. The summed E-state index contributed by atoms with van der Waals surface area (Å²) in [5, 5.41) is 6.24. The number of carbonyl (C=O) groups excluding carboxylic acids is 2. The van der Waals surface area contributed by atoms with Crippen molar-refractivity contribution in [2.24, 2.45) is 11.8 Å². The van der Waals surface area contributed by atoms with Crippen molar-refractivity contribution < 1.29 is 14.3 Å². The molecule has 5 nitrogen and oxygen atoms in total. The number of hydrogen-bond donors (Lipinski definition) is 2. The molecule has 1 saturated carbocycles. The molecule has 6 heteroatoms. The molecule has 25 heavy (non-hydrogen) atoms. The van der Waals surface area contributed by atoms with Crippen molar-refractivity contribution in [3.8, 4) is 5.75 Å². The van der Waals surface area contributed by atoms with Crippen LogP contribution in [-0.2, 0) is 9.59 Å². The van der Waals surface area contributed by atoms with Crippen LogP contribution in [0.1, 0.15) is 12.0 Å². The Balaban J connectivity index is 1.56. The zero-order valence-electron chi connectivity index (χ0n) is 14.0. The maximum absolute atomic E-state index is 12.3. The Kier molecular flexibility index (Phi) is 4.95. The average molecular weight is 359 g/mol. The molecule has 0 radical (unpaired) electrons. The number of anilines is 2. The number of methoxy groups -OCH3 is 1. The first-order valence-electron chi connectivity index (χ1n) is 8.00. The lowest BCUT2D eigenvalue weighted by Gasteiger charge is -2.08. The molecule has 2 aromatic rings. The molecule has 1 aliphatic rings. The molecule has 0 saturated heterocycles. The molecule has 2 aromatic carbocycles. The zero-order valence-corrected chi connectivity index (χ0v) is 14.8. The number of ether oxygens (including phenoxy) is 1. The minimum atomic E-state index is -0.314. The van der Waals surface area contributed by atoms with Crippen LogP contribution in [0.25, 0.3) is 0 Å². The molecule has 0 aliphatic heterocycles. The second-order valence-corrected chi connectivity index (χ2v) is 6.53. The van der Waals surface area contributed by atoms with E-state index in [2.05, 4.69) is 10.6 Å². The highest BCUT2D eigenvalue weighted by Gasteiger charge is 2.48. The molecule has 0 spiro atoms. The standard InChI is InChI=1S/C19H19ClN2O3/c1-11-6-7-13(9-17(11)20)22-19(24)16-10-15(16)18(23)21-12-4-3-5-14(8-12)25-2/h3-9,15-16H,10H2,1-2H3,(H,21,23)(H,22,24). The second kappa shape index (κ2) is 7.15. The largest absolute Gasteiger partial charge is 0.497 e. The lowest BCUT2D eigenvalue weighted by molar-refractivity contribution is -0.122. The number of halogens is 1. The fraction of sp³-hybridized carbons (Fsp3) is 0.263. The van der Waals surface area contributed by atoms with Crippen molar-refractivity contribution in [1.82, 2.24) is 0 Å². The fourth-order valence-corrected chi connectivity index (χ4v) is 2.80. The van der Waals surface area contributed by atoms with Crippen LogP contribution < -0.4 is 15.4 Å². The van der Waals surface area contributed by atoms with Crippen molar-refractivity contribution in [3.63, 3.8) is 0 Å². The highest BCUT2D eigenvalue weighted by Crippen LogP contribution is 2.40. The Labute approximate surface area is 151 Å². The Bertz CT molecular complexity index is 822. The molecule has 2 N–H and O–H groups in total. The van der Waals surface area contributed by atoms with E-state index in [9.17, 15) is 9.59 Å². The number of amides is 2. The van der Waals surface area contributed by atoms with E-state index in [-0.39, 0.29) is 23.7 Å². The van der Waals surface area contributed by atoms with Gasteiger partial charge in [-0.2, -0.15) is 0 Å². The topological polar surface area (TPSA) is 67.4 Å². The summed E-state index contributed by atoms with van der Waals surface area (Å²) in [6.07, 6.45) is 0.543. The zero-order chi connectivity index (χ0) is 18.0. The molecule has 1 aliphatic carbocycles. The van der Waals surface area contributed by atoms with E-state index >= 15 is 0 Å². The van der Waals surface area contributed by atoms with Crippen LogP contribution in [0.3, 0.4) is 0 Å². The number of hydrogen-bond acceptors (Lipinski definition) is 3. The SMILES string of the molecule is COc1cccc(NC(=O)C2CC2C(=O)Nc2ccc(C)c(Cl)c2)c1. The first kappa shape index (κ1) is 17.3. The minimum absolute atomic E-state index is 0.157. The molecular weight excluding hydrogens is 340 g/mol. The molecular formula is C19H19ClN2O3. The Morgan fingerprint density at radius 3 is 2.28 bits per heavy atom. The fourth-order valence-electron chi connectivity index (χ4n) is 2.62. The van der Waals surface area contributed by atoms with E-state index < -0.39 is 0 Å². The number of aryl methyl sites for hydroxylation is 1. The third-order valence-corrected chi connectivity index (χ3v) is 4.65. The molecule has 2 atom stereocenters. The summed E-state index contributed by atoms with van der Waals surface area (Å²) in [5.41, 5.74) is 2.24. The number of rotatable bonds is 5. The van der Waals surface area contributed by atoms with Crippen LogP contribution in [0.2, 0.25) is 5.02 Å². The predicted molar refractivity (Wildman–Crippen MR) is 98.0 cm³/mol. The van der Waals surface area contributed by atoms with Gasteiger partial charge in [0, 0.05) is 22.5 Å². The van der Waals surface area contributed by atoms with Gasteiger partial charge in [-0.05, 0) is 43.2 Å². The lowest BCUT2D eigenvalue weighted by atomic mass is 10.2. The van der Waals surface area contributed by atoms with Gasteiger partial charge in [-0.15, -0.1) is 0 Å². The third-order valence-electron chi connectivity index (χ3n) is 4.24. The van der Waals surface area contributed by atoms with Crippen LogP contribution in [0.5, 0.6) is 5.75 Å². The van der Waals surface area contributed by atoms with Gasteiger partial charge in [0.25, 0.3) is 0 Å². The van der Waals surface area contributed by atoms with Crippen molar-refractivity contribution in [2.75, 3.05) is 17.7 Å². The summed E-state index contributed by atoms with van der Waals surface area (Å²) < 4.78 is 5.13. The van der Waals surface area contributed by atoms with Gasteiger partial charge >= 0.3 is 0 Å². The van der Waals surface area contributed by atoms with Gasteiger partial charge in [0.15, 0.2) is 0 Å². The maximum atomic E-state index is 12.3. The number of benzene rings is 2. The van der Waals surface area contributed by atoms with Crippen molar-refractivity contribution in [1.29, 1.82) is 0 Å². The van der Waals surface area contributed by atoms with E-state index in [1.54, 1.807) is 43.5 Å². The highest BCUT2D eigenvalue weighted by atomic mass is 35.5. The summed E-state index contributed by atoms with van der Waals surface area (Å²) in [5.74, 6) is -0.280. The van der Waals surface area contributed by atoms with Gasteiger partial charge in [0.1, 0.15) is 5.75 Å². The predicted octanol–water partition coefficient (Wildman–Crippen LogP) is 3.87. The highest BCUT2D eigenvalue weighted by molar-refractivity contribution is 6.31. The monoisotopic (exact) mass is 358 g/mol. The summed E-state index contributed by atoms with van der Waals surface area (Å²) in [6, 6.07) is 12.5. The summed E-state index contributed by atoms with van der Waals surface area (Å²) >= 11 is 6.06. The van der Waals surface area contributed by atoms with Crippen LogP contribution in [0, 0.1) is 18.8 Å². The third kappa shape index (κ3) is 4.12. The van der Waals surface area contributed by atoms with Crippen molar-refractivity contribution in [3.05, 3.63) is 53.1 Å². The van der Waals surface area contributed by atoms with Crippen LogP contribution >= 0.6 is 11.6 Å². The molecule has 130 valence electrons. The summed E-state index contributed by atoms with van der Waals surface area (Å²) in [7, 11) is 1.57. The smallest absolute Gasteiger partial charge is 0.228 e. The average Bonchev–Trinajstić information content (AvgIpc) is 3.39. The molecule has 2 unspecified atom stereocenters. The van der Waals surface area contributed by atoms with Crippen molar-refractivity contribution in [2.45, 2.75) is 13.3 Å². The Morgan fingerprint density at radius 1 is 1.04 bits per heavy atom. The molecule has 0 heterocycles. The molecule has 0 bridgehead atoms.